The maximum Gasteiger partial charge on any atom is 0.192 e. The third kappa shape index (κ3) is 2.81. The molecule has 5 heteroatoms. The van der Waals surface area contributed by atoms with Crippen LogP contribution in [0, 0.1) is 40.4 Å². The molecule has 180 valence electrons. The smallest absolute Gasteiger partial charge is 0.192 e. The predicted molar refractivity (Wildman–Crippen MR) is 120 cm³/mol. The van der Waals surface area contributed by atoms with Gasteiger partial charge in [-0.25, -0.2) is 0 Å². The summed E-state index contributed by atoms with van der Waals surface area (Å²) in [7, 11) is 0. The van der Waals surface area contributed by atoms with Gasteiger partial charge in [-0.2, -0.15) is 0 Å². The number of ether oxygens (including phenoxy) is 2. The lowest BCUT2D eigenvalue weighted by molar-refractivity contribution is -0.381. The summed E-state index contributed by atoms with van der Waals surface area (Å²) in [6.45, 7) is 6.91. The summed E-state index contributed by atoms with van der Waals surface area (Å²) >= 11 is 0. The Labute approximate surface area is 192 Å². The van der Waals surface area contributed by atoms with Crippen LogP contribution in [-0.2, 0) is 9.47 Å². The number of aliphatic hydroxyl groups is 3. The van der Waals surface area contributed by atoms with Gasteiger partial charge in [-0.05, 0) is 85.9 Å². The first-order valence-corrected chi connectivity index (χ1v) is 13.2. The fraction of sp³-hybridized carbons (Fsp3) is 0.926. The second kappa shape index (κ2) is 7.04. The van der Waals surface area contributed by atoms with E-state index in [0.717, 1.165) is 50.9 Å². The van der Waals surface area contributed by atoms with Gasteiger partial charge in [-0.15, -0.1) is 0 Å². The summed E-state index contributed by atoms with van der Waals surface area (Å²) in [5.41, 5.74) is 2.03. The van der Waals surface area contributed by atoms with Gasteiger partial charge in [0.25, 0.3) is 0 Å². The van der Waals surface area contributed by atoms with Crippen molar-refractivity contribution in [2.24, 2.45) is 40.4 Å². The summed E-state index contributed by atoms with van der Waals surface area (Å²) in [5.74, 6) is 0.541. The van der Waals surface area contributed by atoms with Crippen LogP contribution < -0.4 is 0 Å². The minimum absolute atomic E-state index is 0.149. The molecule has 0 aromatic rings. The van der Waals surface area contributed by atoms with Crippen molar-refractivity contribution < 1.29 is 24.8 Å². The zero-order chi connectivity index (χ0) is 22.5. The minimum Gasteiger partial charge on any atom is -0.393 e. The first kappa shape index (κ1) is 22.0. The predicted octanol–water partition coefficient (Wildman–Crippen LogP) is 4.15. The Hall–Kier alpha value is -0.460. The minimum atomic E-state index is -1.46. The lowest BCUT2D eigenvalue weighted by atomic mass is 9.47. The Balaban J connectivity index is 1.28. The van der Waals surface area contributed by atoms with Gasteiger partial charge in [-0.1, -0.05) is 32.4 Å². The van der Waals surface area contributed by atoms with Crippen LogP contribution >= 0.6 is 0 Å². The molecule has 0 aromatic carbocycles. The monoisotopic (exact) mass is 446 g/mol. The maximum absolute atomic E-state index is 10.7. The van der Waals surface area contributed by atoms with Crippen molar-refractivity contribution in [3.05, 3.63) is 11.6 Å². The highest BCUT2D eigenvalue weighted by Crippen LogP contribution is 2.70. The van der Waals surface area contributed by atoms with E-state index in [0.29, 0.717) is 24.2 Å². The molecule has 0 amide bonds. The Morgan fingerprint density at radius 1 is 1.09 bits per heavy atom. The molecule has 5 nitrogen and oxygen atoms in total. The lowest BCUT2D eigenvalue weighted by Crippen LogP contribution is -2.55. The van der Waals surface area contributed by atoms with Gasteiger partial charge in [0.2, 0.25) is 0 Å². The summed E-state index contributed by atoms with van der Waals surface area (Å²) in [6.07, 6.45) is 12.3. The average molecular weight is 447 g/mol. The van der Waals surface area contributed by atoms with E-state index in [1.54, 1.807) is 0 Å². The quantitative estimate of drug-likeness (QED) is 0.528. The molecule has 0 radical (unpaired) electrons. The zero-order valence-electron chi connectivity index (χ0n) is 20.1. The Bertz CT molecular complexity index is 812. The summed E-state index contributed by atoms with van der Waals surface area (Å²) in [4.78, 5) is 0. The number of rotatable bonds is 1. The van der Waals surface area contributed by atoms with E-state index >= 15 is 0 Å². The normalized spacial score (nSPS) is 59.2. The Morgan fingerprint density at radius 2 is 1.91 bits per heavy atom. The standard InChI is InChI=1S/C27H42O5/c1-16-23-22(31-27(16)10-4-9-26(30,15-28)32-27)14-21-19-6-5-17-13-18(29)7-11-24(17,2)20(19)8-12-25(21,23)3/h5,16,18-23,28-30H,4,6-15H2,1-3H3/t16-,18-,19+,20-,21+,22-,23-,24-,25-,26+,27-/m0/s1. The van der Waals surface area contributed by atoms with Crippen molar-refractivity contribution in [3.63, 3.8) is 0 Å². The second-order valence-electron chi connectivity index (χ2n) is 12.8. The molecule has 4 aliphatic carbocycles. The topological polar surface area (TPSA) is 79.2 Å². The second-order valence-corrected chi connectivity index (χ2v) is 12.8. The van der Waals surface area contributed by atoms with E-state index < -0.39 is 11.6 Å². The van der Waals surface area contributed by atoms with Gasteiger partial charge in [-0.3, -0.25) is 0 Å². The zero-order valence-corrected chi connectivity index (χ0v) is 20.1. The first-order valence-electron chi connectivity index (χ1n) is 13.2. The van der Waals surface area contributed by atoms with Crippen LogP contribution in [0.1, 0.15) is 85.0 Å². The van der Waals surface area contributed by atoms with Crippen LogP contribution in [0.4, 0.5) is 0 Å². The molecule has 1 spiro atoms. The number of hydrogen-bond acceptors (Lipinski definition) is 5. The van der Waals surface area contributed by atoms with Crippen molar-refractivity contribution in [2.75, 3.05) is 6.61 Å². The van der Waals surface area contributed by atoms with Gasteiger partial charge in [0.15, 0.2) is 11.6 Å². The van der Waals surface area contributed by atoms with Crippen LogP contribution in [0.2, 0.25) is 0 Å². The first-order chi connectivity index (χ1) is 15.1. The average Bonchev–Trinajstić information content (AvgIpc) is 3.19. The highest BCUT2D eigenvalue weighted by Gasteiger charge is 2.69. The lowest BCUT2D eigenvalue weighted by Gasteiger charge is -2.58. The highest BCUT2D eigenvalue weighted by atomic mass is 16.8. The van der Waals surface area contributed by atoms with Crippen molar-refractivity contribution in [1.82, 2.24) is 0 Å². The molecule has 3 saturated carbocycles. The summed E-state index contributed by atoms with van der Waals surface area (Å²) in [5, 5.41) is 30.7. The number of allylic oxidation sites excluding steroid dienone is 1. The molecule has 6 aliphatic rings. The van der Waals surface area contributed by atoms with E-state index in [-0.39, 0.29) is 35.6 Å². The molecule has 6 rings (SSSR count). The maximum atomic E-state index is 10.7. The fourth-order valence-electron chi connectivity index (χ4n) is 9.87. The largest absolute Gasteiger partial charge is 0.393 e. The van der Waals surface area contributed by atoms with Gasteiger partial charge in [0.05, 0.1) is 18.8 Å². The van der Waals surface area contributed by atoms with Crippen LogP contribution in [0.5, 0.6) is 0 Å². The third-order valence-corrected chi connectivity index (χ3v) is 11.4. The molecule has 2 aliphatic heterocycles. The highest BCUT2D eigenvalue weighted by molar-refractivity contribution is 5.26. The van der Waals surface area contributed by atoms with Crippen molar-refractivity contribution >= 4 is 0 Å². The molecule has 3 N–H and O–H groups in total. The molecule has 11 atom stereocenters. The Morgan fingerprint density at radius 3 is 2.69 bits per heavy atom. The van der Waals surface area contributed by atoms with Gasteiger partial charge in [0, 0.05) is 18.8 Å². The summed E-state index contributed by atoms with van der Waals surface area (Å²) in [6, 6.07) is 0. The van der Waals surface area contributed by atoms with E-state index in [1.807, 2.05) is 0 Å². The van der Waals surface area contributed by atoms with Crippen molar-refractivity contribution in [3.8, 4) is 0 Å². The number of hydrogen-bond donors (Lipinski definition) is 3. The Kier molecular flexibility index (Phi) is 4.84. The SMILES string of the molecule is C[C@H]1[C@H]2[C@H](C[C@@H]3[C@@H]4CC=C5C[C@@H](O)CC[C@]5(C)[C@H]4CC[C@]23C)O[C@]12CCC[C@](O)(CO)O2. The van der Waals surface area contributed by atoms with Gasteiger partial charge < -0.3 is 24.8 Å². The molecule has 0 unspecified atom stereocenters. The van der Waals surface area contributed by atoms with E-state index in [2.05, 4.69) is 26.8 Å². The van der Waals surface area contributed by atoms with Gasteiger partial charge in [0.1, 0.15) is 0 Å². The molecule has 32 heavy (non-hydrogen) atoms. The molecule has 2 saturated heterocycles. The van der Waals surface area contributed by atoms with Crippen LogP contribution in [-0.4, -0.2) is 45.7 Å². The molecule has 0 aromatic heterocycles. The van der Waals surface area contributed by atoms with Crippen molar-refractivity contribution in [1.29, 1.82) is 0 Å². The van der Waals surface area contributed by atoms with Crippen LogP contribution in [0.15, 0.2) is 11.6 Å². The van der Waals surface area contributed by atoms with E-state index in [9.17, 15) is 15.3 Å². The van der Waals surface area contributed by atoms with Crippen LogP contribution in [0.25, 0.3) is 0 Å². The molecular formula is C27H42O5. The third-order valence-electron chi connectivity index (χ3n) is 11.4. The van der Waals surface area contributed by atoms with Crippen LogP contribution in [0.3, 0.4) is 0 Å². The van der Waals surface area contributed by atoms with Crippen molar-refractivity contribution in [2.45, 2.75) is 109 Å². The van der Waals surface area contributed by atoms with E-state index in [4.69, 9.17) is 9.47 Å². The molecule has 0 bridgehead atoms. The molecular weight excluding hydrogens is 404 g/mol. The fourth-order valence-corrected chi connectivity index (χ4v) is 9.87. The molecule has 2 heterocycles. The number of aliphatic hydroxyl groups excluding tert-OH is 2. The molecule has 5 fully saturated rings. The van der Waals surface area contributed by atoms with E-state index in [1.165, 1.54) is 18.4 Å². The van der Waals surface area contributed by atoms with Gasteiger partial charge >= 0.3 is 0 Å². The summed E-state index contributed by atoms with van der Waals surface area (Å²) < 4.78 is 13.0. The number of fused-ring (bicyclic) bond motifs is 7.